The van der Waals surface area contributed by atoms with Gasteiger partial charge in [-0.3, -0.25) is 0 Å². The number of carboxylic acid groups (broad SMARTS) is 1. The van der Waals surface area contributed by atoms with E-state index in [-0.39, 0.29) is 5.56 Å². The second-order valence-corrected chi connectivity index (χ2v) is 5.98. The first-order chi connectivity index (χ1) is 10.4. The molecular formula is C18H22N2O2. The summed E-state index contributed by atoms with van der Waals surface area (Å²) >= 11 is 0. The van der Waals surface area contributed by atoms with Crippen LogP contribution in [0.2, 0.25) is 0 Å². The zero-order valence-electron chi connectivity index (χ0n) is 13.5. The minimum absolute atomic E-state index is 0.202. The number of carboxylic acids is 1. The third-order valence-electron chi connectivity index (χ3n) is 3.62. The van der Waals surface area contributed by atoms with Gasteiger partial charge in [0.25, 0.3) is 0 Å². The molecule has 22 heavy (non-hydrogen) atoms. The van der Waals surface area contributed by atoms with Crippen molar-refractivity contribution in [3.05, 3.63) is 53.2 Å². The molecule has 0 aliphatic carbocycles. The highest BCUT2D eigenvalue weighted by Crippen LogP contribution is 2.27. The van der Waals surface area contributed by atoms with Gasteiger partial charge in [0, 0.05) is 18.4 Å². The highest BCUT2D eigenvalue weighted by atomic mass is 16.4. The van der Waals surface area contributed by atoms with E-state index in [1.807, 2.05) is 0 Å². The Hall–Kier alpha value is -2.36. The van der Waals surface area contributed by atoms with Crippen molar-refractivity contribution in [2.24, 2.45) is 5.92 Å². The van der Waals surface area contributed by atoms with Gasteiger partial charge in [-0.15, -0.1) is 0 Å². The molecule has 116 valence electrons. The Bertz CT molecular complexity index is 663. The van der Waals surface area contributed by atoms with Crippen LogP contribution >= 0.6 is 0 Å². The lowest BCUT2D eigenvalue weighted by atomic mass is 10.1. The van der Waals surface area contributed by atoms with E-state index in [2.05, 4.69) is 55.8 Å². The molecule has 0 saturated carbocycles. The Kier molecular flexibility index (Phi) is 4.81. The summed E-state index contributed by atoms with van der Waals surface area (Å²) in [7, 11) is 0. The maximum Gasteiger partial charge on any atom is 0.337 e. The highest BCUT2D eigenvalue weighted by molar-refractivity contribution is 5.87. The molecule has 0 aliphatic heterocycles. The van der Waals surface area contributed by atoms with Gasteiger partial charge in [-0.25, -0.2) is 9.78 Å². The Morgan fingerprint density at radius 3 is 2.41 bits per heavy atom. The molecule has 0 aliphatic rings. The zero-order chi connectivity index (χ0) is 16.3. The van der Waals surface area contributed by atoms with Crippen LogP contribution < -0.4 is 4.90 Å². The molecule has 0 spiro atoms. The molecule has 4 heteroatoms. The summed E-state index contributed by atoms with van der Waals surface area (Å²) < 4.78 is 0. The van der Waals surface area contributed by atoms with Gasteiger partial charge in [0.15, 0.2) is 0 Å². The fraction of sp³-hybridized carbons (Fsp3) is 0.333. The van der Waals surface area contributed by atoms with Crippen molar-refractivity contribution < 1.29 is 9.90 Å². The highest BCUT2D eigenvalue weighted by Gasteiger charge is 2.14. The van der Waals surface area contributed by atoms with Gasteiger partial charge in [-0.05, 0) is 55.2 Å². The molecule has 2 aromatic rings. The van der Waals surface area contributed by atoms with Crippen LogP contribution in [0, 0.1) is 19.8 Å². The summed E-state index contributed by atoms with van der Waals surface area (Å²) in [5.41, 5.74) is 3.76. The lowest BCUT2D eigenvalue weighted by Gasteiger charge is -2.26. The lowest BCUT2D eigenvalue weighted by Crippen LogP contribution is -2.23. The molecule has 1 N–H and O–H groups in total. The summed E-state index contributed by atoms with van der Waals surface area (Å²) in [6.07, 6.45) is 1.41. The molecule has 2 rings (SSSR count). The van der Waals surface area contributed by atoms with Gasteiger partial charge in [0.05, 0.1) is 5.56 Å². The summed E-state index contributed by atoms with van der Waals surface area (Å²) in [6.45, 7) is 9.31. The standard InChI is InChI=1S/C18H22N2O2/c1-12(2)11-20(16-7-5-13(3)14(4)9-16)17-8-6-15(10-19-17)18(21)22/h5-10,12H,11H2,1-4H3,(H,21,22). The van der Waals surface area contributed by atoms with Crippen molar-refractivity contribution in [2.75, 3.05) is 11.4 Å². The van der Waals surface area contributed by atoms with Gasteiger partial charge in [0.1, 0.15) is 5.82 Å². The van der Waals surface area contributed by atoms with E-state index in [0.717, 1.165) is 18.1 Å². The van der Waals surface area contributed by atoms with E-state index in [4.69, 9.17) is 5.11 Å². The molecule has 1 aromatic heterocycles. The van der Waals surface area contributed by atoms with Crippen LogP contribution in [0.4, 0.5) is 11.5 Å². The fourth-order valence-corrected chi connectivity index (χ4v) is 2.26. The average Bonchev–Trinajstić information content (AvgIpc) is 2.48. The summed E-state index contributed by atoms with van der Waals surface area (Å²) in [5.74, 6) is 0.269. The minimum atomic E-state index is -0.958. The Morgan fingerprint density at radius 1 is 1.18 bits per heavy atom. The number of nitrogens with zero attached hydrogens (tertiary/aromatic N) is 2. The van der Waals surface area contributed by atoms with Crippen LogP contribution in [-0.4, -0.2) is 22.6 Å². The van der Waals surface area contributed by atoms with Gasteiger partial charge >= 0.3 is 5.97 Å². The first-order valence-corrected chi connectivity index (χ1v) is 7.42. The predicted octanol–water partition coefficient (Wildman–Crippen LogP) is 4.19. The zero-order valence-corrected chi connectivity index (χ0v) is 13.5. The smallest absolute Gasteiger partial charge is 0.337 e. The lowest BCUT2D eigenvalue weighted by molar-refractivity contribution is 0.0696. The largest absolute Gasteiger partial charge is 0.478 e. The number of anilines is 2. The van der Waals surface area contributed by atoms with Crippen molar-refractivity contribution >= 4 is 17.5 Å². The van der Waals surface area contributed by atoms with Crippen molar-refractivity contribution in [2.45, 2.75) is 27.7 Å². The number of hydrogen-bond acceptors (Lipinski definition) is 3. The number of aryl methyl sites for hydroxylation is 2. The number of aromatic nitrogens is 1. The fourth-order valence-electron chi connectivity index (χ4n) is 2.26. The summed E-state index contributed by atoms with van der Waals surface area (Å²) in [4.78, 5) is 17.4. The minimum Gasteiger partial charge on any atom is -0.478 e. The SMILES string of the molecule is Cc1ccc(N(CC(C)C)c2ccc(C(=O)O)cn2)cc1C. The average molecular weight is 298 g/mol. The molecule has 4 nitrogen and oxygen atoms in total. The first-order valence-electron chi connectivity index (χ1n) is 7.42. The van der Waals surface area contributed by atoms with E-state index in [0.29, 0.717) is 5.92 Å². The third kappa shape index (κ3) is 3.64. The van der Waals surface area contributed by atoms with Crippen molar-refractivity contribution in [3.63, 3.8) is 0 Å². The quantitative estimate of drug-likeness (QED) is 0.899. The topological polar surface area (TPSA) is 53.4 Å². The van der Waals surface area contributed by atoms with Crippen LogP contribution in [0.1, 0.15) is 35.3 Å². The molecule has 1 heterocycles. The molecule has 0 radical (unpaired) electrons. The van der Waals surface area contributed by atoms with Crippen molar-refractivity contribution in [3.8, 4) is 0 Å². The van der Waals surface area contributed by atoms with Crippen LogP contribution in [-0.2, 0) is 0 Å². The van der Waals surface area contributed by atoms with Crippen LogP contribution in [0.25, 0.3) is 0 Å². The molecule has 0 unspecified atom stereocenters. The summed E-state index contributed by atoms with van der Waals surface area (Å²) in [5, 5.41) is 8.99. The number of benzene rings is 1. The van der Waals surface area contributed by atoms with Gasteiger partial charge in [-0.2, -0.15) is 0 Å². The summed E-state index contributed by atoms with van der Waals surface area (Å²) in [6, 6.07) is 9.69. The Labute approximate surface area is 131 Å². The second-order valence-electron chi connectivity index (χ2n) is 5.98. The van der Waals surface area contributed by atoms with E-state index in [1.54, 1.807) is 12.1 Å². The van der Waals surface area contributed by atoms with Gasteiger partial charge in [0.2, 0.25) is 0 Å². The van der Waals surface area contributed by atoms with Crippen molar-refractivity contribution in [1.29, 1.82) is 0 Å². The molecule has 1 aromatic carbocycles. The first kappa shape index (κ1) is 16.0. The van der Waals surface area contributed by atoms with Crippen LogP contribution in [0.15, 0.2) is 36.5 Å². The number of aromatic carboxylic acids is 1. The van der Waals surface area contributed by atoms with Crippen molar-refractivity contribution in [1.82, 2.24) is 4.98 Å². The number of hydrogen-bond donors (Lipinski definition) is 1. The Morgan fingerprint density at radius 2 is 1.91 bits per heavy atom. The predicted molar refractivity (Wildman–Crippen MR) is 89.0 cm³/mol. The van der Waals surface area contributed by atoms with E-state index < -0.39 is 5.97 Å². The molecule has 0 saturated heterocycles. The van der Waals surface area contributed by atoms with E-state index in [1.165, 1.54) is 17.3 Å². The van der Waals surface area contributed by atoms with Crippen LogP contribution in [0.5, 0.6) is 0 Å². The number of rotatable bonds is 5. The van der Waals surface area contributed by atoms with Gasteiger partial charge < -0.3 is 10.0 Å². The second kappa shape index (κ2) is 6.60. The maximum absolute atomic E-state index is 11.0. The monoisotopic (exact) mass is 298 g/mol. The van der Waals surface area contributed by atoms with Crippen LogP contribution in [0.3, 0.4) is 0 Å². The number of carbonyl (C=O) groups is 1. The molecular weight excluding hydrogens is 276 g/mol. The molecule has 0 fully saturated rings. The number of pyridine rings is 1. The molecule has 0 bridgehead atoms. The van der Waals surface area contributed by atoms with E-state index in [9.17, 15) is 4.79 Å². The maximum atomic E-state index is 11.0. The third-order valence-corrected chi connectivity index (χ3v) is 3.62. The Balaban J connectivity index is 2.40. The normalized spacial score (nSPS) is 10.8. The van der Waals surface area contributed by atoms with Gasteiger partial charge in [-0.1, -0.05) is 19.9 Å². The molecule has 0 atom stereocenters. The molecule has 0 amide bonds. The van der Waals surface area contributed by atoms with E-state index >= 15 is 0 Å².